The van der Waals surface area contributed by atoms with E-state index in [4.69, 9.17) is 14.3 Å². The maximum Gasteiger partial charge on any atom is 0.339 e. The average molecular weight is 315 g/mol. The lowest BCUT2D eigenvalue weighted by atomic mass is 10.2. The van der Waals surface area contributed by atoms with Crippen LogP contribution in [0.3, 0.4) is 0 Å². The van der Waals surface area contributed by atoms with Gasteiger partial charge in [0, 0.05) is 12.8 Å². The first-order valence-electron chi connectivity index (χ1n) is 7.35. The minimum absolute atomic E-state index is 0.107. The first-order chi connectivity index (χ1) is 11.0. The molecule has 1 saturated carbocycles. The number of hydrogen-bond donors (Lipinski definition) is 2. The highest BCUT2D eigenvalue weighted by Crippen LogP contribution is 2.40. The number of aryl methyl sites for hydroxylation is 1. The Morgan fingerprint density at radius 2 is 2.00 bits per heavy atom. The number of ether oxygens (including phenoxy) is 1. The minimum Gasteiger partial charge on any atom is -0.478 e. The lowest BCUT2D eigenvalue weighted by molar-refractivity contribution is -0.130. The van der Waals surface area contributed by atoms with E-state index in [1.165, 1.54) is 6.07 Å². The van der Waals surface area contributed by atoms with Crippen LogP contribution >= 0.6 is 0 Å². The highest BCUT2D eigenvalue weighted by atomic mass is 16.5. The molecule has 1 fully saturated rings. The van der Waals surface area contributed by atoms with E-state index in [-0.39, 0.29) is 18.0 Å². The van der Waals surface area contributed by atoms with Crippen LogP contribution in [0.1, 0.15) is 34.7 Å². The largest absolute Gasteiger partial charge is 0.478 e. The van der Waals surface area contributed by atoms with Crippen LogP contribution in [-0.4, -0.2) is 22.6 Å². The standard InChI is InChI=1S/C17H17NO5/c1-11-14(15(19)20)9-13(22-11)10-18-16(21)17(7-8-17)23-12-5-3-2-4-6-12/h2-6,9H,7-8,10H2,1H3,(H,18,21)(H,19,20). The third-order valence-corrected chi connectivity index (χ3v) is 3.80. The number of nitrogens with one attached hydrogen (secondary N) is 1. The van der Waals surface area contributed by atoms with Crippen LogP contribution < -0.4 is 10.1 Å². The lowest BCUT2D eigenvalue weighted by Crippen LogP contribution is -2.40. The summed E-state index contributed by atoms with van der Waals surface area (Å²) in [6.45, 7) is 1.71. The summed E-state index contributed by atoms with van der Waals surface area (Å²) >= 11 is 0. The van der Waals surface area contributed by atoms with Crippen molar-refractivity contribution < 1.29 is 23.8 Å². The molecule has 0 saturated heterocycles. The summed E-state index contributed by atoms with van der Waals surface area (Å²) in [5.74, 6) is 0.122. The zero-order valence-corrected chi connectivity index (χ0v) is 12.7. The molecule has 0 spiro atoms. The molecular weight excluding hydrogens is 298 g/mol. The van der Waals surface area contributed by atoms with E-state index in [1.807, 2.05) is 30.3 Å². The van der Waals surface area contributed by atoms with Crippen LogP contribution in [0, 0.1) is 6.92 Å². The molecule has 1 aliphatic carbocycles. The number of para-hydroxylation sites is 1. The zero-order valence-electron chi connectivity index (χ0n) is 12.7. The van der Waals surface area contributed by atoms with Gasteiger partial charge in [-0.25, -0.2) is 4.79 Å². The Bertz CT molecular complexity index is 731. The molecule has 0 bridgehead atoms. The summed E-state index contributed by atoms with van der Waals surface area (Å²) in [6.07, 6.45) is 1.32. The highest BCUT2D eigenvalue weighted by molar-refractivity contribution is 5.89. The van der Waals surface area contributed by atoms with Gasteiger partial charge >= 0.3 is 5.97 Å². The fourth-order valence-corrected chi connectivity index (χ4v) is 2.37. The Morgan fingerprint density at radius 3 is 2.57 bits per heavy atom. The van der Waals surface area contributed by atoms with Crippen molar-refractivity contribution in [3.05, 3.63) is 53.5 Å². The lowest BCUT2D eigenvalue weighted by Gasteiger charge is -2.17. The third-order valence-electron chi connectivity index (χ3n) is 3.80. The maximum atomic E-state index is 12.3. The molecule has 0 aliphatic heterocycles. The van der Waals surface area contributed by atoms with Crippen LogP contribution in [0.5, 0.6) is 5.75 Å². The number of aromatic carboxylic acids is 1. The topological polar surface area (TPSA) is 88.8 Å². The summed E-state index contributed by atoms with van der Waals surface area (Å²) in [7, 11) is 0. The Labute approximate surface area is 133 Å². The van der Waals surface area contributed by atoms with Gasteiger partial charge in [0.15, 0.2) is 5.60 Å². The molecule has 1 aliphatic rings. The number of rotatable bonds is 6. The number of amides is 1. The van der Waals surface area contributed by atoms with Gasteiger partial charge < -0.3 is 19.6 Å². The Balaban J connectivity index is 1.61. The highest BCUT2D eigenvalue weighted by Gasteiger charge is 2.52. The summed E-state index contributed by atoms with van der Waals surface area (Å²) in [5, 5.41) is 11.7. The fraction of sp³-hybridized carbons (Fsp3) is 0.294. The Morgan fingerprint density at radius 1 is 1.30 bits per heavy atom. The van der Waals surface area contributed by atoms with E-state index in [9.17, 15) is 9.59 Å². The van der Waals surface area contributed by atoms with Gasteiger partial charge in [-0.1, -0.05) is 18.2 Å². The van der Waals surface area contributed by atoms with E-state index in [2.05, 4.69) is 5.32 Å². The van der Waals surface area contributed by atoms with Crippen molar-refractivity contribution in [2.45, 2.75) is 31.9 Å². The number of carbonyl (C=O) groups excluding carboxylic acids is 1. The van der Waals surface area contributed by atoms with Crippen molar-refractivity contribution in [3.8, 4) is 5.75 Å². The number of hydrogen-bond acceptors (Lipinski definition) is 4. The quantitative estimate of drug-likeness (QED) is 0.855. The molecule has 2 N–H and O–H groups in total. The smallest absolute Gasteiger partial charge is 0.339 e. The number of benzene rings is 1. The molecule has 6 heteroatoms. The average Bonchev–Trinajstić information content (AvgIpc) is 3.21. The van der Waals surface area contributed by atoms with E-state index < -0.39 is 11.6 Å². The van der Waals surface area contributed by atoms with Crippen molar-refractivity contribution >= 4 is 11.9 Å². The summed E-state index contributed by atoms with van der Waals surface area (Å²) in [4.78, 5) is 23.3. The second-order valence-corrected chi connectivity index (χ2v) is 5.58. The van der Waals surface area contributed by atoms with Crippen molar-refractivity contribution in [1.82, 2.24) is 5.32 Å². The molecule has 0 unspecified atom stereocenters. The first kappa shape index (κ1) is 15.1. The number of furan rings is 1. The predicted molar refractivity (Wildman–Crippen MR) is 81.3 cm³/mol. The van der Waals surface area contributed by atoms with E-state index in [0.717, 1.165) is 0 Å². The molecule has 0 radical (unpaired) electrons. The normalized spacial score (nSPS) is 15.0. The molecule has 1 aromatic heterocycles. The van der Waals surface area contributed by atoms with E-state index in [1.54, 1.807) is 6.92 Å². The Kier molecular flexibility index (Phi) is 3.82. The number of carbonyl (C=O) groups is 2. The van der Waals surface area contributed by atoms with Gasteiger partial charge in [-0.2, -0.15) is 0 Å². The molecule has 23 heavy (non-hydrogen) atoms. The monoisotopic (exact) mass is 315 g/mol. The molecular formula is C17H17NO5. The first-order valence-corrected chi connectivity index (χ1v) is 7.35. The van der Waals surface area contributed by atoms with Gasteiger partial charge in [0.05, 0.1) is 6.54 Å². The second kappa shape index (κ2) is 5.79. The van der Waals surface area contributed by atoms with Crippen molar-refractivity contribution in [2.75, 3.05) is 0 Å². The summed E-state index contributed by atoms with van der Waals surface area (Å²) in [6, 6.07) is 10.6. The van der Waals surface area contributed by atoms with Crippen molar-refractivity contribution in [1.29, 1.82) is 0 Å². The molecule has 3 rings (SSSR count). The van der Waals surface area contributed by atoms with Crippen LogP contribution in [-0.2, 0) is 11.3 Å². The molecule has 1 aromatic carbocycles. The van der Waals surface area contributed by atoms with Gasteiger partial charge in [-0.3, -0.25) is 4.79 Å². The molecule has 2 aromatic rings. The maximum absolute atomic E-state index is 12.3. The third kappa shape index (κ3) is 3.21. The van der Waals surface area contributed by atoms with Gasteiger partial charge in [0.25, 0.3) is 5.91 Å². The van der Waals surface area contributed by atoms with Gasteiger partial charge in [-0.15, -0.1) is 0 Å². The molecule has 120 valence electrons. The van der Waals surface area contributed by atoms with Crippen molar-refractivity contribution in [2.24, 2.45) is 0 Å². The van der Waals surface area contributed by atoms with Crippen LogP contribution in [0.4, 0.5) is 0 Å². The van der Waals surface area contributed by atoms with Gasteiger partial charge in [0.2, 0.25) is 0 Å². The van der Waals surface area contributed by atoms with Crippen LogP contribution in [0.2, 0.25) is 0 Å². The summed E-state index contributed by atoms with van der Waals surface area (Å²) < 4.78 is 11.1. The molecule has 6 nitrogen and oxygen atoms in total. The van der Waals surface area contributed by atoms with E-state index >= 15 is 0 Å². The number of carboxylic acid groups (broad SMARTS) is 1. The fourth-order valence-electron chi connectivity index (χ4n) is 2.37. The van der Waals surface area contributed by atoms with Gasteiger partial charge in [-0.05, 0) is 25.1 Å². The van der Waals surface area contributed by atoms with Crippen molar-refractivity contribution in [3.63, 3.8) is 0 Å². The SMILES string of the molecule is Cc1oc(CNC(=O)C2(Oc3ccccc3)CC2)cc1C(=O)O. The van der Waals surface area contributed by atoms with Crippen LogP contribution in [0.15, 0.2) is 40.8 Å². The van der Waals surface area contributed by atoms with E-state index in [0.29, 0.717) is 30.1 Å². The summed E-state index contributed by atoms with van der Waals surface area (Å²) in [5.41, 5.74) is -0.713. The Hall–Kier alpha value is -2.76. The minimum atomic E-state index is -1.05. The molecule has 1 amide bonds. The van der Waals surface area contributed by atoms with Crippen LogP contribution in [0.25, 0.3) is 0 Å². The predicted octanol–water partition coefficient (Wildman–Crippen LogP) is 2.51. The molecule has 1 heterocycles. The second-order valence-electron chi connectivity index (χ2n) is 5.58. The zero-order chi connectivity index (χ0) is 16.4. The van der Waals surface area contributed by atoms with Gasteiger partial charge in [0.1, 0.15) is 22.8 Å². The molecule has 0 atom stereocenters. The number of carboxylic acids is 1.